The molecule has 0 saturated heterocycles. The van der Waals surface area contributed by atoms with E-state index >= 15 is 0 Å². The zero-order valence-corrected chi connectivity index (χ0v) is 23.1. The number of aryl methyl sites for hydroxylation is 2. The van der Waals surface area contributed by atoms with E-state index in [1.807, 2.05) is 20.8 Å². The highest BCUT2D eigenvalue weighted by Crippen LogP contribution is 2.27. The predicted molar refractivity (Wildman–Crippen MR) is 147 cm³/mol. The van der Waals surface area contributed by atoms with Crippen LogP contribution >= 0.6 is 0 Å². The standard InChI is InChI=1S/C29H34FN3O4S/c1-20(2)31-29(35)23(5)32(18-24-12-14-25(30)15-13-24)28(34)19-33(27-9-7-6-8-22(27)4)38(36,37)26-16-10-21(3)11-17-26/h6-17,20,23H,18-19H2,1-5H3,(H,31,35)/t23-/m1/s1. The third kappa shape index (κ3) is 6.98. The van der Waals surface area contributed by atoms with Crippen molar-refractivity contribution in [3.63, 3.8) is 0 Å². The minimum atomic E-state index is -4.13. The molecule has 7 nitrogen and oxygen atoms in total. The highest BCUT2D eigenvalue weighted by atomic mass is 32.2. The predicted octanol–water partition coefficient (Wildman–Crippen LogP) is 4.58. The number of carbonyl (C=O) groups excluding carboxylic acids is 2. The summed E-state index contributed by atoms with van der Waals surface area (Å²) in [6.45, 7) is 8.31. The number of anilines is 1. The SMILES string of the molecule is Cc1ccc(S(=O)(=O)N(CC(=O)N(Cc2ccc(F)cc2)[C@H](C)C(=O)NC(C)C)c2ccccc2C)cc1. The summed E-state index contributed by atoms with van der Waals surface area (Å²) in [4.78, 5) is 28.1. The molecule has 0 heterocycles. The minimum absolute atomic E-state index is 0.00200. The van der Waals surface area contributed by atoms with Crippen LogP contribution in [0.3, 0.4) is 0 Å². The third-order valence-corrected chi connectivity index (χ3v) is 7.91. The maximum Gasteiger partial charge on any atom is 0.264 e. The van der Waals surface area contributed by atoms with Gasteiger partial charge >= 0.3 is 0 Å². The lowest BCUT2D eigenvalue weighted by atomic mass is 10.1. The molecular formula is C29H34FN3O4S. The Bertz CT molecular complexity index is 1370. The number of nitrogens with zero attached hydrogens (tertiary/aromatic N) is 2. The molecule has 1 N–H and O–H groups in total. The number of sulfonamides is 1. The topological polar surface area (TPSA) is 86.8 Å². The normalized spacial score (nSPS) is 12.2. The average Bonchev–Trinajstić information content (AvgIpc) is 2.86. The maximum absolute atomic E-state index is 13.8. The molecule has 0 unspecified atom stereocenters. The van der Waals surface area contributed by atoms with E-state index in [4.69, 9.17) is 0 Å². The van der Waals surface area contributed by atoms with Crippen LogP contribution in [-0.4, -0.2) is 43.8 Å². The Kier molecular flexibility index (Phi) is 9.27. The van der Waals surface area contributed by atoms with Crippen LogP contribution in [0.2, 0.25) is 0 Å². The molecule has 0 spiro atoms. The van der Waals surface area contributed by atoms with E-state index in [1.165, 1.54) is 41.3 Å². The van der Waals surface area contributed by atoms with E-state index in [-0.39, 0.29) is 23.4 Å². The molecule has 0 aliphatic carbocycles. The molecule has 0 fully saturated rings. The van der Waals surface area contributed by atoms with Crippen molar-refractivity contribution >= 4 is 27.5 Å². The molecule has 9 heteroatoms. The van der Waals surface area contributed by atoms with Crippen LogP contribution in [0.1, 0.15) is 37.5 Å². The van der Waals surface area contributed by atoms with Crippen molar-refractivity contribution in [3.05, 3.63) is 95.3 Å². The molecule has 3 rings (SSSR count). The van der Waals surface area contributed by atoms with Crippen LogP contribution in [-0.2, 0) is 26.2 Å². The summed E-state index contributed by atoms with van der Waals surface area (Å²) in [5, 5.41) is 2.80. The summed E-state index contributed by atoms with van der Waals surface area (Å²) in [6, 6.07) is 17.9. The molecule has 3 aromatic carbocycles. The van der Waals surface area contributed by atoms with Crippen molar-refractivity contribution in [1.82, 2.24) is 10.2 Å². The Morgan fingerprint density at radius 3 is 2.08 bits per heavy atom. The fourth-order valence-electron chi connectivity index (χ4n) is 3.97. The quantitative estimate of drug-likeness (QED) is 0.409. The number of amides is 2. The van der Waals surface area contributed by atoms with Gasteiger partial charge in [0.2, 0.25) is 11.8 Å². The lowest BCUT2D eigenvalue weighted by Gasteiger charge is -2.32. The van der Waals surface area contributed by atoms with E-state index in [2.05, 4.69) is 5.32 Å². The fraction of sp³-hybridized carbons (Fsp3) is 0.310. The fourth-order valence-corrected chi connectivity index (χ4v) is 5.45. The molecule has 0 saturated carbocycles. The zero-order valence-electron chi connectivity index (χ0n) is 22.3. The number of halogens is 1. The van der Waals surface area contributed by atoms with Gasteiger partial charge in [0.1, 0.15) is 18.4 Å². The van der Waals surface area contributed by atoms with Crippen molar-refractivity contribution < 1.29 is 22.4 Å². The first-order valence-corrected chi connectivity index (χ1v) is 13.8. The van der Waals surface area contributed by atoms with E-state index in [0.29, 0.717) is 16.8 Å². The lowest BCUT2D eigenvalue weighted by Crippen LogP contribution is -2.52. The maximum atomic E-state index is 13.8. The first kappa shape index (κ1) is 28.8. The van der Waals surface area contributed by atoms with Gasteiger partial charge in [-0.1, -0.05) is 48.0 Å². The van der Waals surface area contributed by atoms with Gasteiger partial charge in [-0.2, -0.15) is 0 Å². The van der Waals surface area contributed by atoms with Gasteiger partial charge < -0.3 is 10.2 Å². The molecular weight excluding hydrogens is 505 g/mol. The van der Waals surface area contributed by atoms with E-state index in [9.17, 15) is 22.4 Å². The third-order valence-electron chi connectivity index (χ3n) is 6.14. The number of hydrogen-bond donors (Lipinski definition) is 1. The summed E-state index contributed by atoms with van der Waals surface area (Å²) in [5.74, 6) is -1.37. The van der Waals surface area contributed by atoms with Crippen molar-refractivity contribution in [2.75, 3.05) is 10.8 Å². The van der Waals surface area contributed by atoms with Crippen molar-refractivity contribution in [3.8, 4) is 0 Å². The van der Waals surface area contributed by atoms with Crippen LogP contribution in [0.4, 0.5) is 10.1 Å². The van der Waals surface area contributed by atoms with Gasteiger partial charge in [0.15, 0.2) is 0 Å². The molecule has 0 aromatic heterocycles. The first-order valence-electron chi connectivity index (χ1n) is 12.4. The Morgan fingerprint density at radius 2 is 1.50 bits per heavy atom. The summed E-state index contributed by atoms with van der Waals surface area (Å²) >= 11 is 0. The first-order chi connectivity index (χ1) is 17.9. The van der Waals surface area contributed by atoms with Crippen molar-refractivity contribution in [2.24, 2.45) is 0 Å². The van der Waals surface area contributed by atoms with Crippen LogP contribution < -0.4 is 9.62 Å². The minimum Gasteiger partial charge on any atom is -0.352 e. The van der Waals surface area contributed by atoms with Crippen LogP contribution in [0, 0.1) is 19.7 Å². The Morgan fingerprint density at radius 1 is 0.895 bits per heavy atom. The number of carbonyl (C=O) groups is 2. The van der Waals surface area contributed by atoms with Gasteiger partial charge in [-0.15, -0.1) is 0 Å². The van der Waals surface area contributed by atoms with Gasteiger partial charge in [0, 0.05) is 12.6 Å². The van der Waals surface area contributed by atoms with Crippen LogP contribution in [0.25, 0.3) is 0 Å². The lowest BCUT2D eigenvalue weighted by molar-refractivity contribution is -0.139. The second-order valence-electron chi connectivity index (χ2n) is 9.60. The second kappa shape index (κ2) is 12.2. The summed E-state index contributed by atoms with van der Waals surface area (Å²) in [6.07, 6.45) is 0. The van der Waals surface area contributed by atoms with E-state index < -0.39 is 34.3 Å². The molecule has 3 aromatic rings. The van der Waals surface area contributed by atoms with E-state index in [0.717, 1.165) is 9.87 Å². The highest BCUT2D eigenvalue weighted by Gasteiger charge is 2.33. The summed E-state index contributed by atoms with van der Waals surface area (Å²) < 4.78 is 42.3. The smallest absolute Gasteiger partial charge is 0.264 e. The molecule has 0 radical (unpaired) electrons. The monoisotopic (exact) mass is 539 g/mol. The molecule has 202 valence electrons. The number of hydrogen-bond acceptors (Lipinski definition) is 4. The Hall–Kier alpha value is -3.72. The van der Waals surface area contributed by atoms with Gasteiger partial charge in [-0.25, -0.2) is 12.8 Å². The molecule has 0 bridgehead atoms. The summed E-state index contributed by atoms with van der Waals surface area (Å²) in [5.41, 5.74) is 2.54. The molecule has 0 aliphatic rings. The second-order valence-corrected chi connectivity index (χ2v) is 11.5. The van der Waals surface area contributed by atoms with Crippen molar-refractivity contribution in [1.29, 1.82) is 0 Å². The van der Waals surface area contributed by atoms with Gasteiger partial charge in [0.05, 0.1) is 10.6 Å². The number of rotatable bonds is 10. The zero-order chi connectivity index (χ0) is 28.0. The van der Waals surface area contributed by atoms with Crippen LogP contribution in [0.15, 0.2) is 77.7 Å². The molecule has 38 heavy (non-hydrogen) atoms. The van der Waals surface area contributed by atoms with Crippen LogP contribution in [0.5, 0.6) is 0 Å². The molecule has 2 amide bonds. The largest absolute Gasteiger partial charge is 0.352 e. The molecule has 1 atom stereocenters. The summed E-state index contributed by atoms with van der Waals surface area (Å²) in [7, 11) is -4.13. The number of benzene rings is 3. The van der Waals surface area contributed by atoms with Gasteiger partial charge in [-0.05, 0) is 76.1 Å². The average molecular weight is 540 g/mol. The Labute approximate surface area is 224 Å². The van der Waals surface area contributed by atoms with Gasteiger partial charge in [0.25, 0.3) is 10.0 Å². The van der Waals surface area contributed by atoms with Gasteiger partial charge in [-0.3, -0.25) is 13.9 Å². The number of nitrogens with one attached hydrogen (secondary N) is 1. The highest BCUT2D eigenvalue weighted by molar-refractivity contribution is 7.92. The van der Waals surface area contributed by atoms with Crippen molar-refractivity contribution in [2.45, 2.75) is 58.1 Å². The Balaban J connectivity index is 2.04. The number of para-hydroxylation sites is 1. The van der Waals surface area contributed by atoms with E-state index in [1.54, 1.807) is 50.2 Å². The molecule has 0 aliphatic heterocycles.